The molecule has 1 aromatic carbocycles. The first kappa shape index (κ1) is 11.0. The summed E-state index contributed by atoms with van der Waals surface area (Å²) in [6, 6.07) is 6.46. The second-order valence-electron chi connectivity index (χ2n) is 4.21. The monoisotopic (exact) mass is 219 g/mol. The Hall–Kier alpha value is -1.51. The summed E-state index contributed by atoms with van der Waals surface area (Å²) >= 11 is 0. The van der Waals surface area contributed by atoms with E-state index in [2.05, 4.69) is 34.9 Å². The van der Waals surface area contributed by atoms with Crippen LogP contribution in [0.3, 0.4) is 0 Å². The Morgan fingerprint density at radius 1 is 1.50 bits per heavy atom. The molecule has 86 valence electrons. The maximum atomic E-state index is 11.0. The Balaban J connectivity index is 2.05. The van der Waals surface area contributed by atoms with Crippen LogP contribution in [0.4, 0.5) is 5.69 Å². The molecule has 0 aliphatic carbocycles. The van der Waals surface area contributed by atoms with Crippen LogP contribution in [0, 0.1) is 0 Å². The molecule has 0 saturated heterocycles. The van der Waals surface area contributed by atoms with Crippen LogP contribution in [-0.2, 0) is 22.4 Å². The number of likely N-dealkylation sites (N-methyl/N-ethyl adjacent to an activating group) is 1. The standard InChI is InChI=1S/C13H17NO2/c1-14-8-7-11-9-10(3-5-12(11)14)4-6-13(15)16-2/h3,5,9H,4,6-8H2,1-2H3. The van der Waals surface area contributed by atoms with Crippen molar-refractivity contribution in [3.05, 3.63) is 29.3 Å². The molecular formula is C13H17NO2. The van der Waals surface area contributed by atoms with Crippen molar-refractivity contribution in [1.29, 1.82) is 0 Å². The first-order valence-electron chi connectivity index (χ1n) is 5.60. The maximum absolute atomic E-state index is 11.0. The molecule has 0 aromatic heterocycles. The van der Waals surface area contributed by atoms with E-state index in [1.54, 1.807) is 0 Å². The van der Waals surface area contributed by atoms with Crippen LogP contribution in [0.1, 0.15) is 17.5 Å². The predicted octanol–water partition coefficient (Wildman–Crippen LogP) is 1.78. The van der Waals surface area contributed by atoms with Gasteiger partial charge in [0.25, 0.3) is 0 Å². The Morgan fingerprint density at radius 2 is 2.31 bits per heavy atom. The quantitative estimate of drug-likeness (QED) is 0.726. The number of hydrogen-bond acceptors (Lipinski definition) is 3. The van der Waals surface area contributed by atoms with E-state index < -0.39 is 0 Å². The summed E-state index contributed by atoms with van der Waals surface area (Å²) in [5.41, 5.74) is 3.94. The third kappa shape index (κ3) is 2.18. The highest BCUT2D eigenvalue weighted by atomic mass is 16.5. The summed E-state index contributed by atoms with van der Waals surface area (Å²) in [7, 11) is 3.54. The number of fused-ring (bicyclic) bond motifs is 1. The first-order valence-corrected chi connectivity index (χ1v) is 5.60. The van der Waals surface area contributed by atoms with Gasteiger partial charge in [0.1, 0.15) is 0 Å². The van der Waals surface area contributed by atoms with Crippen molar-refractivity contribution >= 4 is 11.7 Å². The molecule has 3 nitrogen and oxygen atoms in total. The number of benzene rings is 1. The van der Waals surface area contributed by atoms with Crippen LogP contribution >= 0.6 is 0 Å². The molecule has 2 rings (SSSR count). The van der Waals surface area contributed by atoms with Crippen LogP contribution < -0.4 is 4.90 Å². The zero-order valence-electron chi connectivity index (χ0n) is 9.82. The van der Waals surface area contributed by atoms with E-state index in [1.165, 1.54) is 23.9 Å². The fourth-order valence-electron chi connectivity index (χ4n) is 2.12. The topological polar surface area (TPSA) is 29.5 Å². The van der Waals surface area contributed by atoms with Gasteiger partial charge in [-0.05, 0) is 30.0 Å². The second-order valence-corrected chi connectivity index (χ2v) is 4.21. The van der Waals surface area contributed by atoms with Gasteiger partial charge < -0.3 is 9.64 Å². The smallest absolute Gasteiger partial charge is 0.305 e. The van der Waals surface area contributed by atoms with E-state index >= 15 is 0 Å². The van der Waals surface area contributed by atoms with Crippen LogP contribution in [0.5, 0.6) is 0 Å². The van der Waals surface area contributed by atoms with Crippen molar-refractivity contribution in [2.24, 2.45) is 0 Å². The minimum Gasteiger partial charge on any atom is -0.469 e. The predicted molar refractivity (Wildman–Crippen MR) is 63.8 cm³/mol. The van der Waals surface area contributed by atoms with Gasteiger partial charge >= 0.3 is 5.97 Å². The summed E-state index contributed by atoms with van der Waals surface area (Å²) in [4.78, 5) is 13.3. The van der Waals surface area contributed by atoms with Gasteiger partial charge in [-0.25, -0.2) is 0 Å². The van der Waals surface area contributed by atoms with E-state index in [-0.39, 0.29) is 5.97 Å². The van der Waals surface area contributed by atoms with E-state index in [0.717, 1.165) is 19.4 Å². The minimum atomic E-state index is -0.141. The molecule has 1 aliphatic rings. The molecular weight excluding hydrogens is 202 g/mol. The molecule has 0 atom stereocenters. The van der Waals surface area contributed by atoms with Crippen molar-refractivity contribution in [3.8, 4) is 0 Å². The van der Waals surface area contributed by atoms with Gasteiger partial charge in [0, 0.05) is 25.7 Å². The lowest BCUT2D eigenvalue weighted by molar-refractivity contribution is -0.140. The largest absolute Gasteiger partial charge is 0.469 e. The average molecular weight is 219 g/mol. The number of carbonyl (C=O) groups excluding carboxylic acids is 1. The lowest BCUT2D eigenvalue weighted by Crippen LogP contribution is -2.12. The number of carbonyl (C=O) groups is 1. The lowest BCUT2D eigenvalue weighted by Gasteiger charge is -2.12. The van der Waals surface area contributed by atoms with Crippen LogP contribution in [0.25, 0.3) is 0 Å². The number of nitrogens with zero attached hydrogens (tertiary/aromatic N) is 1. The van der Waals surface area contributed by atoms with Gasteiger partial charge in [-0.2, -0.15) is 0 Å². The minimum absolute atomic E-state index is 0.141. The zero-order chi connectivity index (χ0) is 11.5. The first-order chi connectivity index (χ1) is 7.70. The molecule has 16 heavy (non-hydrogen) atoms. The highest BCUT2D eigenvalue weighted by molar-refractivity contribution is 5.69. The molecule has 1 heterocycles. The molecule has 3 heteroatoms. The van der Waals surface area contributed by atoms with Crippen molar-refractivity contribution < 1.29 is 9.53 Å². The maximum Gasteiger partial charge on any atom is 0.305 e. The van der Waals surface area contributed by atoms with Gasteiger partial charge in [0.05, 0.1) is 7.11 Å². The highest BCUT2D eigenvalue weighted by Crippen LogP contribution is 2.27. The third-order valence-electron chi connectivity index (χ3n) is 3.12. The van der Waals surface area contributed by atoms with Crippen molar-refractivity contribution in [1.82, 2.24) is 0 Å². The van der Waals surface area contributed by atoms with Crippen LogP contribution in [0.15, 0.2) is 18.2 Å². The molecule has 0 unspecified atom stereocenters. The number of ether oxygens (including phenoxy) is 1. The molecule has 0 fully saturated rings. The second kappa shape index (κ2) is 4.56. The SMILES string of the molecule is COC(=O)CCc1ccc2c(c1)CCN2C. The molecule has 0 bridgehead atoms. The van der Waals surface area contributed by atoms with Gasteiger partial charge in [0.2, 0.25) is 0 Å². The van der Waals surface area contributed by atoms with Gasteiger partial charge in [0.15, 0.2) is 0 Å². The van der Waals surface area contributed by atoms with E-state index in [1.807, 2.05) is 0 Å². The number of anilines is 1. The Labute approximate surface area is 96.0 Å². The van der Waals surface area contributed by atoms with Gasteiger partial charge in [-0.15, -0.1) is 0 Å². The Bertz CT molecular complexity index is 401. The lowest BCUT2D eigenvalue weighted by atomic mass is 10.0. The number of aryl methyl sites for hydroxylation is 1. The summed E-state index contributed by atoms with van der Waals surface area (Å²) < 4.78 is 4.63. The normalized spacial score (nSPS) is 13.8. The average Bonchev–Trinajstić information content (AvgIpc) is 2.67. The van der Waals surface area contributed by atoms with Crippen LogP contribution in [-0.4, -0.2) is 26.7 Å². The number of rotatable bonds is 3. The molecule has 0 radical (unpaired) electrons. The van der Waals surface area contributed by atoms with Crippen molar-refractivity contribution in [2.75, 3.05) is 25.6 Å². The number of esters is 1. The molecule has 0 N–H and O–H groups in total. The summed E-state index contributed by atoms with van der Waals surface area (Å²) in [5.74, 6) is -0.141. The van der Waals surface area contributed by atoms with E-state index in [0.29, 0.717) is 6.42 Å². The summed E-state index contributed by atoms with van der Waals surface area (Å²) in [6.07, 6.45) is 2.34. The van der Waals surface area contributed by atoms with Crippen molar-refractivity contribution in [2.45, 2.75) is 19.3 Å². The molecule has 1 aliphatic heterocycles. The fourth-order valence-corrected chi connectivity index (χ4v) is 2.12. The fraction of sp³-hybridized carbons (Fsp3) is 0.462. The Kier molecular flexibility index (Phi) is 3.13. The van der Waals surface area contributed by atoms with E-state index in [4.69, 9.17) is 0 Å². The van der Waals surface area contributed by atoms with Crippen LogP contribution in [0.2, 0.25) is 0 Å². The van der Waals surface area contributed by atoms with E-state index in [9.17, 15) is 4.79 Å². The Morgan fingerprint density at radius 3 is 3.06 bits per heavy atom. The molecule has 0 amide bonds. The number of methoxy groups -OCH3 is 1. The molecule has 0 saturated carbocycles. The molecule has 1 aromatic rings. The molecule has 0 spiro atoms. The summed E-state index contributed by atoms with van der Waals surface area (Å²) in [5, 5.41) is 0. The third-order valence-corrected chi connectivity index (χ3v) is 3.12. The summed E-state index contributed by atoms with van der Waals surface area (Å²) in [6.45, 7) is 1.09. The number of hydrogen-bond donors (Lipinski definition) is 0. The zero-order valence-corrected chi connectivity index (χ0v) is 9.82. The van der Waals surface area contributed by atoms with Gasteiger partial charge in [-0.1, -0.05) is 12.1 Å². The van der Waals surface area contributed by atoms with Gasteiger partial charge in [-0.3, -0.25) is 4.79 Å². The highest BCUT2D eigenvalue weighted by Gasteiger charge is 2.15. The van der Waals surface area contributed by atoms with Crippen molar-refractivity contribution in [3.63, 3.8) is 0 Å².